The third-order valence-corrected chi connectivity index (χ3v) is 3.84. The zero-order valence-corrected chi connectivity index (χ0v) is 10.9. The molecule has 3 heteroatoms. The highest BCUT2D eigenvalue weighted by atomic mass is 16.3. The highest BCUT2D eigenvalue weighted by molar-refractivity contribution is 5.52. The standard InChI is InChI=1S/C14H22N2O/c1-11-6-4-5-7-13(11)15-14(10-17)8-12(2)16(3)9-14/h4-7,12,15,17H,8-10H2,1-3H3. The van der Waals surface area contributed by atoms with Crippen LogP contribution in [0.4, 0.5) is 5.69 Å². The maximum absolute atomic E-state index is 9.72. The van der Waals surface area contributed by atoms with Gasteiger partial charge in [-0.1, -0.05) is 18.2 Å². The average Bonchev–Trinajstić information content (AvgIpc) is 2.59. The summed E-state index contributed by atoms with van der Waals surface area (Å²) in [5.74, 6) is 0. The van der Waals surface area contributed by atoms with Crippen molar-refractivity contribution in [1.29, 1.82) is 0 Å². The first kappa shape index (κ1) is 12.4. The van der Waals surface area contributed by atoms with Crippen molar-refractivity contribution in [2.75, 3.05) is 25.5 Å². The number of hydrogen-bond acceptors (Lipinski definition) is 3. The fourth-order valence-electron chi connectivity index (χ4n) is 2.66. The van der Waals surface area contributed by atoms with Crippen LogP contribution in [0.15, 0.2) is 24.3 Å². The van der Waals surface area contributed by atoms with Crippen molar-refractivity contribution in [1.82, 2.24) is 4.90 Å². The van der Waals surface area contributed by atoms with Crippen molar-refractivity contribution in [3.05, 3.63) is 29.8 Å². The molecule has 2 unspecified atom stereocenters. The van der Waals surface area contributed by atoms with Gasteiger partial charge in [0.2, 0.25) is 0 Å². The second-order valence-corrected chi connectivity index (χ2v) is 5.35. The van der Waals surface area contributed by atoms with Crippen LogP contribution in [0.25, 0.3) is 0 Å². The molecule has 0 aromatic heterocycles. The third-order valence-electron chi connectivity index (χ3n) is 3.84. The van der Waals surface area contributed by atoms with Gasteiger partial charge in [0.15, 0.2) is 0 Å². The number of likely N-dealkylation sites (tertiary alicyclic amines) is 1. The van der Waals surface area contributed by atoms with Crippen LogP contribution in [0.2, 0.25) is 0 Å². The zero-order valence-electron chi connectivity index (χ0n) is 10.9. The molecule has 1 aromatic carbocycles. The molecule has 0 amide bonds. The number of hydrogen-bond donors (Lipinski definition) is 2. The SMILES string of the molecule is Cc1ccccc1NC1(CO)CC(C)N(C)C1. The lowest BCUT2D eigenvalue weighted by molar-refractivity contribution is 0.212. The van der Waals surface area contributed by atoms with Gasteiger partial charge in [0, 0.05) is 18.3 Å². The van der Waals surface area contributed by atoms with Crippen molar-refractivity contribution >= 4 is 5.69 Å². The minimum absolute atomic E-state index is 0.177. The molecule has 17 heavy (non-hydrogen) atoms. The Morgan fingerprint density at radius 3 is 2.71 bits per heavy atom. The Hall–Kier alpha value is -1.06. The normalized spacial score (nSPS) is 29.5. The van der Waals surface area contributed by atoms with E-state index in [0.29, 0.717) is 6.04 Å². The molecule has 1 aromatic rings. The molecule has 0 aliphatic carbocycles. The molecule has 2 atom stereocenters. The first-order chi connectivity index (χ1) is 8.06. The van der Waals surface area contributed by atoms with Crippen molar-refractivity contribution in [3.63, 3.8) is 0 Å². The van der Waals surface area contributed by atoms with Gasteiger partial charge in [-0.05, 0) is 38.9 Å². The Morgan fingerprint density at radius 2 is 2.18 bits per heavy atom. The fourth-order valence-corrected chi connectivity index (χ4v) is 2.66. The quantitative estimate of drug-likeness (QED) is 0.838. The number of para-hydroxylation sites is 1. The van der Waals surface area contributed by atoms with Gasteiger partial charge in [0.05, 0.1) is 12.1 Å². The molecule has 2 rings (SSSR count). The summed E-state index contributed by atoms with van der Waals surface area (Å²) in [6, 6.07) is 8.75. The third kappa shape index (κ3) is 2.45. The predicted molar refractivity (Wildman–Crippen MR) is 71.3 cm³/mol. The minimum atomic E-state index is -0.194. The maximum atomic E-state index is 9.72. The van der Waals surface area contributed by atoms with Crippen molar-refractivity contribution < 1.29 is 5.11 Å². The van der Waals surface area contributed by atoms with Crippen LogP contribution in [0.5, 0.6) is 0 Å². The molecule has 1 aliphatic heterocycles. The molecule has 0 radical (unpaired) electrons. The van der Waals surface area contributed by atoms with E-state index in [1.165, 1.54) is 5.56 Å². The summed E-state index contributed by atoms with van der Waals surface area (Å²) in [5.41, 5.74) is 2.16. The summed E-state index contributed by atoms with van der Waals surface area (Å²) in [4.78, 5) is 2.29. The molecule has 2 N–H and O–H groups in total. The van der Waals surface area contributed by atoms with Gasteiger partial charge in [-0.2, -0.15) is 0 Å². The number of nitrogens with zero attached hydrogens (tertiary/aromatic N) is 1. The van der Waals surface area contributed by atoms with Crippen LogP contribution < -0.4 is 5.32 Å². The number of aliphatic hydroxyl groups is 1. The summed E-state index contributed by atoms with van der Waals surface area (Å²) in [6.07, 6.45) is 0.980. The first-order valence-electron chi connectivity index (χ1n) is 6.21. The number of rotatable bonds is 3. The summed E-state index contributed by atoms with van der Waals surface area (Å²) < 4.78 is 0. The van der Waals surface area contributed by atoms with Gasteiger partial charge in [0.25, 0.3) is 0 Å². The van der Waals surface area contributed by atoms with E-state index in [-0.39, 0.29) is 12.1 Å². The highest BCUT2D eigenvalue weighted by Gasteiger charge is 2.40. The van der Waals surface area contributed by atoms with Crippen LogP contribution >= 0.6 is 0 Å². The van der Waals surface area contributed by atoms with E-state index >= 15 is 0 Å². The van der Waals surface area contributed by atoms with E-state index in [0.717, 1.165) is 18.7 Å². The van der Waals surface area contributed by atoms with Gasteiger partial charge >= 0.3 is 0 Å². The topological polar surface area (TPSA) is 35.5 Å². The van der Waals surface area contributed by atoms with Crippen LogP contribution in [-0.4, -0.2) is 41.8 Å². The van der Waals surface area contributed by atoms with E-state index in [9.17, 15) is 5.11 Å². The lowest BCUT2D eigenvalue weighted by atomic mass is 9.96. The van der Waals surface area contributed by atoms with Crippen molar-refractivity contribution in [2.24, 2.45) is 0 Å². The molecule has 1 fully saturated rings. The molecule has 1 heterocycles. The number of aliphatic hydroxyl groups excluding tert-OH is 1. The molecule has 1 aliphatic rings. The van der Waals surface area contributed by atoms with E-state index in [2.05, 4.69) is 43.2 Å². The monoisotopic (exact) mass is 234 g/mol. The second-order valence-electron chi connectivity index (χ2n) is 5.35. The van der Waals surface area contributed by atoms with Gasteiger partial charge in [-0.3, -0.25) is 0 Å². The van der Waals surface area contributed by atoms with Gasteiger partial charge < -0.3 is 15.3 Å². The summed E-state index contributed by atoms with van der Waals surface area (Å²) in [7, 11) is 2.11. The Balaban J connectivity index is 2.19. The molecule has 0 spiro atoms. The molecular weight excluding hydrogens is 212 g/mol. The lowest BCUT2D eigenvalue weighted by Crippen LogP contribution is -2.44. The second kappa shape index (κ2) is 4.67. The number of likely N-dealkylation sites (N-methyl/N-ethyl adjacent to an activating group) is 1. The number of benzene rings is 1. The molecule has 1 saturated heterocycles. The molecular formula is C14H22N2O. The Morgan fingerprint density at radius 1 is 1.47 bits per heavy atom. The smallest absolute Gasteiger partial charge is 0.0745 e. The van der Waals surface area contributed by atoms with E-state index in [1.54, 1.807) is 0 Å². The first-order valence-corrected chi connectivity index (χ1v) is 6.21. The number of anilines is 1. The fraction of sp³-hybridized carbons (Fsp3) is 0.571. The van der Waals surface area contributed by atoms with Crippen molar-refractivity contribution in [2.45, 2.75) is 31.8 Å². The van der Waals surface area contributed by atoms with Gasteiger partial charge in [-0.25, -0.2) is 0 Å². The Kier molecular flexibility index (Phi) is 3.40. The van der Waals surface area contributed by atoms with E-state index in [4.69, 9.17) is 0 Å². The predicted octanol–water partition coefficient (Wildman–Crippen LogP) is 1.86. The molecule has 0 saturated carbocycles. The van der Waals surface area contributed by atoms with Crippen LogP contribution in [0.3, 0.4) is 0 Å². The van der Waals surface area contributed by atoms with Crippen LogP contribution in [0, 0.1) is 6.92 Å². The summed E-state index contributed by atoms with van der Waals surface area (Å²) in [5, 5.41) is 13.3. The van der Waals surface area contributed by atoms with Crippen molar-refractivity contribution in [3.8, 4) is 0 Å². The average molecular weight is 234 g/mol. The molecule has 3 nitrogen and oxygen atoms in total. The lowest BCUT2D eigenvalue weighted by Gasteiger charge is -2.30. The van der Waals surface area contributed by atoms with Crippen LogP contribution in [-0.2, 0) is 0 Å². The summed E-state index contributed by atoms with van der Waals surface area (Å²) in [6.45, 7) is 5.36. The van der Waals surface area contributed by atoms with E-state index < -0.39 is 0 Å². The zero-order chi connectivity index (χ0) is 12.5. The molecule has 94 valence electrons. The van der Waals surface area contributed by atoms with Gasteiger partial charge in [-0.15, -0.1) is 0 Å². The summed E-state index contributed by atoms with van der Waals surface area (Å²) >= 11 is 0. The van der Waals surface area contributed by atoms with E-state index in [1.807, 2.05) is 12.1 Å². The molecule has 0 bridgehead atoms. The minimum Gasteiger partial charge on any atom is -0.394 e. The van der Waals surface area contributed by atoms with Gasteiger partial charge in [0.1, 0.15) is 0 Å². The van der Waals surface area contributed by atoms with Crippen LogP contribution in [0.1, 0.15) is 18.9 Å². The Labute approximate surface area is 103 Å². The largest absolute Gasteiger partial charge is 0.394 e. The Bertz CT molecular complexity index is 382. The highest BCUT2D eigenvalue weighted by Crippen LogP contribution is 2.30. The maximum Gasteiger partial charge on any atom is 0.0745 e. The number of nitrogens with one attached hydrogen (secondary N) is 1. The number of aryl methyl sites for hydroxylation is 1.